The molecule has 2 atom stereocenters. The summed E-state index contributed by atoms with van der Waals surface area (Å²) < 4.78 is 6.72. The molecule has 7 rings (SSSR count). The highest BCUT2D eigenvalue weighted by Crippen LogP contribution is 2.50. The standard InChI is InChI=1S/C31H31N5O3S/c1-16-13-20(39-19-5-3-2-4-6-19)9-10-21(16)31(34)22-11-12-23(32)27-24(22)25(26(33)29(31)37)28(40-27)30(38)35-17-14-36(15-17)18-7-8-18/h2-6,9-13,17-18,26H,7-8,14-15,32-34H2,1H3,(H,35,38). The van der Waals surface area contributed by atoms with E-state index in [1.54, 1.807) is 12.1 Å². The monoisotopic (exact) mass is 553 g/mol. The quantitative estimate of drug-likeness (QED) is 0.266. The van der Waals surface area contributed by atoms with Crippen molar-refractivity contribution in [1.82, 2.24) is 10.2 Å². The number of nitrogen functional groups attached to an aromatic ring is 1. The number of nitrogens with one attached hydrogen (secondary N) is 1. The summed E-state index contributed by atoms with van der Waals surface area (Å²) in [7, 11) is 0. The Morgan fingerprint density at radius 2 is 1.77 bits per heavy atom. The summed E-state index contributed by atoms with van der Waals surface area (Å²) in [6.07, 6.45) is 2.48. The first-order chi connectivity index (χ1) is 19.3. The van der Waals surface area contributed by atoms with Gasteiger partial charge in [0.25, 0.3) is 5.91 Å². The number of aryl methyl sites for hydroxylation is 1. The third-order valence-corrected chi connectivity index (χ3v) is 9.68. The molecule has 1 aliphatic heterocycles. The van der Waals surface area contributed by atoms with Gasteiger partial charge in [-0.3, -0.25) is 14.5 Å². The lowest BCUT2D eigenvalue weighted by atomic mass is 9.69. The fraction of sp³-hybridized carbons (Fsp3) is 0.290. The molecule has 1 aromatic heterocycles. The van der Waals surface area contributed by atoms with Gasteiger partial charge in [0.2, 0.25) is 0 Å². The summed E-state index contributed by atoms with van der Waals surface area (Å²) in [6, 6.07) is 18.2. The zero-order valence-electron chi connectivity index (χ0n) is 22.1. The molecule has 2 fully saturated rings. The number of nitrogens with two attached hydrogens (primary N) is 3. The summed E-state index contributed by atoms with van der Waals surface area (Å²) in [6.45, 7) is 3.61. The number of hydrogen-bond donors (Lipinski definition) is 4. The van der Waals surface area contributed by atoms with E-state index in [1.165, 1.54) is 24.2 Å². The predicted octanol–water partition coefficient (Wildman–Crippen LogP) is 3.95. The Kier molecular flexibility index (Phi) is 5.76. The smallest absolute Gasteiger partial charge is 0.262 e. The molecular weight excluding hydrogens is 522 g/mol. The maximum Gasteiger partial charge on any atom is 0.262 e. The van der Waals surface area contributed by atoms with Crippen LogP contribution in [0.25, 0.3) is 10.1 Å². The molecule has 1 saturated heterocycles. The number of benzene rings is 3. The molecule has 7 N–H and O–H groups in total. The maximum atomic E-state index is 14.1. The van der Waals surface area contributed by atoms with Gasteiger partial charge in [0.05, 0.1) is 21.7 Å². The van der Waals surface area contributed by atoms with Crippen molar-refractivity contribution < 1.29 is 14.3 Å². The number of para-hydroxylation sites is 1. The van der Waals surface area contributed by atoms with Gasteiger partial charge in [0.15, 0.2) is 5.78 Å². The molecule has 8 nitrogen and oxygen atoms in total. The summed E-state index contributed by atoms with van der Waals surface area (Å²) in [4.78, 5) is 30.4. The molecule has 2 heterocycles. The minimum atomic E-state index is -1.51. The Hall–Kier alpha value is -3.76. The number of thiophene rings is 1. The van der Waals surface area contributed by atoms with Crippen molar-refractivity contribution in [3.63, 3.8) is 0 Å². The minimum Gasteiger partial charge on any atom is -0.457 e. The van der Waals surface area contributed by atoms with Crippen molar-refractivity contribution in [3.8, 4) is 11.5 Å². The second kappa shape index (κ2) is 9.14. The van der Waals surface area contributed by atoms with Gasteiger partial charge in [-0.25, -0.2) is 0 Å². The molecule has 1 amide bonds. The summed E-state index contributed by atoms with van der Waals surface area (Å²) in [5.41, 5.74) is 21.7. The molecule has 3 aromatic carbocycles. The van der Waals surface area contributed by atoms with Crippen molar-refractivity contribution >= 4 is 38.8 Å². The van der Waals surface area contributed by atoms with E-state index in [4.69, 9.17) is 21.9 Å². The fourth-order valence-corrected chi connectivity index (χ4v) is 7.39. The Bertz CT molecular complexity index is 1680. The number of likely N-dealkylation sites (tertiary alicyclic amines) is 1. The van der Waals surface area contributed by atoms with Crippen LogP contribution in [0.1, 0.15) is 50.8 Å². The predicted molar refractivity (Wildman–Crippen MR) is 157 cm³/mol. The van der Waals surface area contributed by atoms with Crippen molar-refractivity contribution in [3.05, 3.63) is 87.8 Å². The van der Waals surface area contributed by atoms with Crippen LogP contribution < -0.4 is 27.3 Å². The van der Waals surface area contributed by atoms with Gasteiger partial charge in [-0.15, -0.1) is 11.3 Å². The first kappa shape index (κ1) is 25.2. The highest BCUT2D eigenvalue weighted by atomic mass is 32.1. The lowest BCUT2D eigenvalue weighted by molar-refractivity contribution is -0.124. The van der Waals surface area contributed by atoms with Gasteiger partial charge in [-0.1, -0.05) is 30.3 Å². The first-order valence-electron chi connectivity index (χ1n) is 13.6. The van der Waals surface area contributed by atoms with Crippen LogP contribution >= 0.6 is 11.3 Å². The molecule has 4 aromatic rings. The van der Waals surface area contributed by atoms with Gasteiger partial charge in [-0.2, -0.15) is 0 Å². The van der Waals surface area contributed by atoms with Gasteiger partial charge < -0.3 is 27.3 Å². The summed E-state index contributed by atoms with van der Waals surface area (Å²) in [5.74, 6) is 0.775. The zero-order valence-corrected chi connectivity index (χ0v) is 23.0. The molecular formula is C31H31N5O3S. The Morgan fingerprint density at radius 3 is 2.48 bits per heavy atom. The molecule has 2 unspecified atom stereocenters. The number of ether oxygens (including phenoxy) is 1. The van der Waals surface area contributed by atoms with E-state index >= 15 is 0 Å². The SMILES string of the molecule is Cc1cc(Oc2ccccc2)ccc1C1(N)C(=O)C(N)c2c(C(=O)NC3CN(C4CC4)C3)sc3c(N)ccc1c23. The van der Waals surface area contributed by atoms with Gasteiger partial charge in [-0.05, 0) is 66.8 Å². The molecule has 9 heteroatoms. The second-order valence-electron chi connectivity index (χ2n) is 11.1. The molecule has 1 saturated carbocycles. The zero-order chi connectivity index (χ0) is 27.8. The molecule has 204 valence electrons. The fourth-order valence-electron chi connectivity index (χ4n) is 6.19. The lowest BCUT2D eigenvalue weighted by Crippen LogP contribution is -2.60. The van der Waals surface area contributed by atoms with E-state index in [0.29, 0.717) is 50.2 Å². The van der Waals surface area contributed by atoms with E-state index in [9.17, 15) is 9.59 Å². The van der Waals surface area contributed by atoms with Crippen molar-refractivity contribution in [2.45, 2.75) is 43.4 Å². The molecule has 40 heavy (non-hydrogen) atoms. The van der Waals surface area contributed by atoms with Crippen molar-refractivity contribution in [1.29, 1.82) is 0 Å². The third-order valence-electron chi connectivity index (χ3n) is 8.43. The molecule has 0 spiro atoms. The largest absolute Gasteiger partial charge is 0.457 e. The number of ketones is 1. The normalized spacial score (nSPS) is 22.8. The number of carbonyl (C=O) groups is 2. The van der Waals surface area contributed by atoms with Crippen molar-refractivity contribution in [2.75, 3.05) is 18.8 Å². The van der Waals surface area contributed by atoms with Gasteiger partial charge in [0, 0.05) is 35.8 Å². The molecule has 0 bridgehead atoms. The minimum absolute atomic E-state index is 0.0886. The lowest BCUT2D eigenvalue weighted by Gasteiger charge is -2.40. The number of hydrogen-bond acceptors (Lipinski definition) is 8. The van der Waals surface area contributed by atoms with Crippen LogP contribution in [0.5, 0.6) is 11.5 Å². The third kappa shape index (κ3) is 3.84. The number of rotatable bonds is 6. The van der Waals surface area contributed by atoms with Crippen LogP contribution in [0.4, 0.5) is 5.69 Å². The van der Waals surface area contributed by atoms with Crippen LogP contribution in [-0.2, 0) is 10.3 Å². The Morgan fingerprint density at radius 1 is 1.05 bits per heavy atom. The number of Topliss-reactive ketones (excluding diaryl/α,β-unsaturated/α-hetero) is 1. The van der Waals surface area contributed by atoms with Gasteiger partial charge >= 0.3 is 0 Å². The summed E-state index contributed by atoms with van der Waals surface area (Å²) >= 11 is 1.28. The maximum absolute atomic E-state index is 14.1. The van der Waals surface area contributed by atoms with Crippen LogP contribution in [0.2, 0.25) is 0 Å². The number of anilines is 1. The van der Waals surface area contributed by atoms with Crippen LogP contribution in [0.15, 0.2) is 60.7 Å². The topological polar surface area (TPSA) is 137 Å². The van der Waals surface area contributed by atoms with Crippen LogP contribution in [-0.4, -0.2) is 41.8 Å². The molecule has 0 radical (unpaired) electrons. The van der Waals surface area contributed by atoms with E-state index in [2.05, 4.69) is 10.2 Å². The molecule has 2 aliphatic carbocycles. The van der Waals surface area contributed by atoms with Crippen molar-refractivity contribution in [2.24, 2.45) is 11.5 Å². The summed E-state index contributed by atoms with van der Waals surface area (Å²) in [5, 5.41) is 3.85. The van der Waals surface area contributed by atoms with E-state index in [-0.39, 0.29) is 17.7 Å². The van der Waals surface area contributed by atoms with E-state index < -0.39 is 11.6 Å². The average molecular weight is 554 g/mol. The number of amides is 1. The van der Waals surface area contributed by atoms with Gasteiger partial charge in [0.1, 0.15) is 17.0 Å². The second-order valence-corrected chi connectivity index (χ2v) is 12.2. The van der Waals surface area contributed by atoms with Crippen LogP contribution in [0, 0.1) is 6.92 Å². The average Bonchev–Trinajstić information content (AvgIpc) is 3.67. The highest BCUT2D eigenvalue weighted by molar-refractivity contribution is 7.21. The van der Waals surface area contributed by atoms with E-state index in [1.807, 2.05) is 55.5 Å². The Balaban J connectivity index is 1.27. The van der Waals surface area contributed by atoms with Crippen LogP contribution in [0.3, 0.4) is 0 Å². The number of carbonyl (C=O) groups excluding carboxylic acids is 2. The Labute approximate surface area is 236 Å². The first-order valence-corrected chi connectivity index (χ1v) is 14.4. The van der Waals surface area contributed by atoms with E-state index in [0.717, 1.165) is 23.4 Å². The molecule has 3 aliphatic rings. The number of nitrogens with zero attached hydrogens (tertiary/aromatic N) is 1. The highest BCUT2D eigenvalue weighted by Gasteiger charge is 2.49.